The third-order valence-corrected chi connectivity index (χ3v) is 4.71. The second-order valence-electron chi connectivity index (χ2n) is 5.01. The maximum absolute atomic E-state index is 12.1. The van der Waals surface area contributed by atoms with Crippen LogP contribution < -0.4 is 0 Å². The van der Waals surface area contributed by atoms with Gasteiger partial charge in [0.15, 0.2) is 5.78 Å². The summed E-state index contributed by atoms with van der Waals surface area (Å²) in [6, 6.07) is 16.7. The molecule has 4 rings (SSSR count). The molecule has 92 valence electrons. The molecule has 0 bridgehead atoms. The van der Waals surface area contributed by atoms with Gasteiger partial charge in [-0.15, -0.1) is 0 Å². The Balaban J connectivity index is 2.15. The number of halogens is 1. The molecule has 0 amide bonds. The highest BCUT2D eigenvalue weighted by Crippen LogP contribution is 2.35. The third kappa shape index (κ3) is 1.50. The summed E-state index contributed by atoms with van der Waals surface area (Å²) in [4.78, 5) is 12.0. The zero-order chi connectivity index (χ0) is 13.0. The second kappa shape index (κ2) is 3.91. The molecule has 1 nitrogen and oxygen atoms in total. The Morgan fingerprint density at radius 2 is 1.68 bits per heavy atom. The van der Waals surface area contributed by atoms with E-state index in [2.05, 4.69) is 58.4 Å². The van der Waals surface area contributed by atoms with E-state index in [1.165, 1.54) is 27.1 Å². The molecule has 1 unspecified atom stereocenters. The summed E-state index contributed by atoms with van der Waals surface area (Å²) < 4.78 is 0. The molecule has 1 aliphatic carbocycles. The lowest BCUT2D eigenvalue weighted by Crippen LogP contribution is -2.05. The molecule has 2 heteroatoms. The van der Waals surface area contributed by atoms with E-state index >= 15 is 0 Å². The van der Waals surface area contributed by atoms with Gasteiger partial charge in [0.25, 0.3) is 0 Å². The van der Waals surface area contributed by atoms with Gasteiger partial charge >= 0.3 is 0 Å². The van der Waals surface area contributed by atoms with E-state index in [4.69, 9.17) is 0 Å². The van der Waals surface area contributed by atoms with E-state index in [1.54, 1.807) is 0 Å². The summed E-state index contributed by atoms with van der Waals surface area (Å²) in [7, 11) is 0. The van der Waals surface area contributed by atoms with E-state index in [-0.39, 0.29) is 10.6 Å². The number of rotatable bonds is 0. The predicted molar refractivity (Wildman–Crippen MR) is 82.2 cm³/mol. The number of benzene rings is 3. The Labute approximate surface area is 119 Å². The topological polar surface area (TPSA) is 17.1 Å². The lowest BCUT2D eigenvalue weighted by molar-refractivity contribution is 0.100. The predicted octanol–water partition coefficient (Wildman–Crippen LogP) is 4.50. The smallest absolute Gasteiger partial charge is 0.177 e. The van der Waals surface area contributed by atoms with Crippen LogP contribution in [0.1, 0.15) is 15.9 Å². The van der Waals surface area contributed by atoms with Gasteiger partial charge in [-0.05, 0) is 33.5 Å². The molecule has 0 aliphatic heterocycles. The zero-order valence-corrected chi connectivity index (χ0v) is 11.8. The maximum atomic E-state index is 12.1. The fourth-order valence-electron chi connectivity index (χ4n) is 3.04. The van der Waals surface area contributed by atoms with Gasteiger partial charge in [0, 0.05) is 5.56 Å². The van der Waals surface area contributed by atoms with E-state index in [9.17, 15) is 4.79 Å². The van der Waals surface area contributed by atoms with E-state index in [1.807, 2.05) is 6.07 Å². The van der Waals surface area contributed by atoms with Crippen LogP contribution in [0.4, 0.5) is 0 Å². The van der Waals surface area contributed by atoms with Crippen LogP contribution in [0.25, 0.3) is 21.5 Å². The molecular formula is C17H11BrO. The summed E-state index contributed by atoms with van der Waals surface area (Å²) >= 11 is 3.47. The van der Waals surface area contributed by atoms with Crippen molar-refractivity contribution in [1.29, 1.82) is 0 Å². The number of carbonyl (C=O) groups excluding carboxylic acids is 1. The quantitative estimate of drug-likeness (QED) is 0.441. The van der Waals surface area contributed by atoms with Crippen LogP contribution in [0.15, 0.2) is 48.5 Å². The molecule has 3 aromatic rings. The van der Waals surface area contributed by atoms with Crippen LogP contribution in [0.3, 0.4) is 0 Å². The average Bonchev–Trinajstić information content (AvgIpc) is 2.74. The van der Waals surface area contributed by atoms with Gasteiger partial charge in [0.2, 0.25) is 0 Å². The van der Waals surface area contributed by atoms with Crippen LogP contribution in [0.5, 0.6) is 0 Å². The van der Waals surface area contributed by atoms with Gasteiger partial charge in [-0.1, -0.05) is 64.5 Å². The molecule has 0 heterocycles. The van der Waals surface area contributed by atoms with E-state index < -0.39 is 0 Å². The SMILES string of the molecule is O=C1c2ccc3c(ccc4ccccc43)c2CC1Br. The number of ketones is 1. The monoisotopic (exact) mass is 310 g/mol. The minimum Gasteiger partial charge on any atom is -0.293 e. The zero-order valence-electron chi connectivity index (χ0n) is 10.2. The molecule has 1 aliphatic rings. The molecule has 0 radical (unpaired) electrons. The highest BCUT2D eigenvalue weighted by atomic mass is 79.9. The van der Waals surface area contributed by atoms with E-state index in [0.29, 0.717) is 0 Å². The minimum atomic E-state index is -0.0560. The lowest BCUT2D eigenvalue weighted by Gasteiger charge is -2.07. The fraction of sp³-hybridized carbons (Fsp3) is 0.118. The maximum Gasteiger partial charge on any atom is 0.177 e. The summed E-state index contributed by atoms with van der Waals surface area (Å²) in [5.41, 5.74) is 2.07. The van der Waals surface area contributed by atoms with Gasteiger partial charge in [0.1, 0.15) is 0 Å². The van der Waals surface area contributed by atoms with Crippen LogP contribution in [-0.2, 0) is 6.42 Å². The van der Waals surface area contributed by atoms with Crippen LogP contribution in [0, 0.1) is 0 Å². The van der Waals surface area contributed by atoms with Crippen LogP contribution >= 0.6 is 15.9 Å². The van der Waals surface area contributed by atoms with Crippen molar-refractivity contribution in [2.24, 2.45) is 0 Å². The molecule has 3 aromatic carbocycles. The van der Waals surface area contributed by atoms with Crippen LogP contribution in [0.2, 0.25) is 0 Å². The Hall–Kier alpha value is -1.67. The first-order valence-electron chi connectivity index (χ1n) is 6.37. The molecule has 0 N–H and O–H groups in total. The summed E-state index contributed by atoms with van der Waals surface area (Å²) in [5, 5.41) is 4.96. The number of hydrogen-bond donors (Lipinski definition) is 0. The first-order valence-corrected chi connectivity index (χ1v) is 7.29. The molecule has 0 fully saturated rings. The average molecular weight is 311 g/mol. The molecular weight excluding hydrogens is 300 g/mol. The highest BCUT2D eigenvalue weighted by Gasteiger charge is 2.29. The van der Waals surface area contributed by atoms with Gasteiger partial charge in [0.05, 0.1) is 4.83 Å². The van der Waals surface area contributed by atoms with E-state index in [0.717, 1.165) is 12.0 Å². The standard InChI is InChI=1S/C17H11BrO/c18-16-9-15-13-6-5-10-3-1-2-4-11(10)12(13)7-8-14(15)17(16)19/h1-8,16H,9H2. The highest BCUT2D eigenvalue weighted by molar-refractivity contribution is 9.10. The Morgan fingerprint density at radius 1 is 0.895 bits per heavy atom. The molecule has 0 spiro atoms. The number of fused-ring (bicyclic) bond motifs is 5. The summed E-state index contributed by atoms with van der Waals surface area (Å²) in [6.45, 7) is 0. The second-order valence-corrected chi connectivity index (χ2v) is 6.11. The number of hydrogen-bond acceptors (Lipinski definition) is 1. The van der Waals surface area contributed by atoms with Crippen molar-refractivity contribution in [3.63, 3.8) is 0 Å². The third-order valence-electron chi connectivity index (χ3n) is 3.97. The molecule has 0 aromatic heterocycles. The fourth-order valence-corrected chi connectivity index (χ4v) is 3.61. The van der Waals surface area contributed by atoms with Crippen molar-refractivity contribution >= 4 is 43.3 Å². The van der Waals surface area contributed by atoms with Crippen molar-refractivity contribution in [2.45, 2.75) is 11.2 Å². The summed E-state index contributed by atoms with van der Waals surface area (Å²) in [6.07, 6.45) is 0.795. The lowest BCUT2D eigenvalue weighted by atomic mass is 9.96. The first kappa shape index (κ1) is 11.2. The normalized spacial score (nSPS) is 18.2. The van der Waals surface area contributed by atoms with Gasteiger partial charge < -0.3 is 0 Å². The van der Waals surface area contributed by atoms with Crippen LogP contribution in [-0.4, -0.2) is 10.6 Å². The molecule has 0 saturated heterocycles. The largest absolute Gasteiger partial charge is 0.293 e. The number of Topliss-reactive ketones (excluding diaryl/α,β-unsaturated/α-hetero) is 1. The van der Waals surface area contributed by atoms with Gasteiger partial charge in [-0.2, -0.15) is 0 Å². The number of alkyl halides is 1. The van der Waals surface area contributed by atoms with Crippen molar-refractivity contribution in [1.82, 2.24) is 0 Å². The van der Waals surface area contributed by atoms with Gasteiger partial charge in [-0.25, -0.2) is 0 Å². The molecule has 19 heavy (non-hydrogen) atoms. The van der Waals surface area contributed by atoms with Gasteiger partial charge in [-0.3, -0.25) is 4.79 Å². The van der Waals surface area contributed by atoms with Crippen molar-refractivity contribution < 1.29 is 4.79 Å². The Kier molecular flexibility index (Phi) is 2.30. The Bertz CT molecular complexity index is 835. The number of carbonyl (C=O) groups is 1. The van der Waals surface area contributed by atoms with Crippen molar-refractivity contribution in [2.75, 3.05) is 0 Å². The van der Waals surface area contributed by atoms with Crippen molar-refractivity contribution in [3.05, 3.63) is 59.7 Å². The molecule has 1 atom stereocenters. The summed E-state index contributed by atoms with van der Waals surface area (Å²) in [5.74, 6) is 0.213. The minimum absolute atomic E-state index is 0.0560. The first-order chi connectivity index (χ1) is 9.25. The van der Waals surface area contributed by atoms with Crippen molar-refractivity contribution in [3.8, 4) is 0 Å². The molecule has 0 saturated carbocycles. The Morgan fingerprint density at radius 3 is 2.58 bits per heavy atom.